The number of carbonyl (C=O) groups is 1. The summed E-state index contributed by atoms with van der Waals surface area (Å²) in [4.78, 5) is 14.1. The van der Waals surface area contributed by atoms with Gasteiger partial charge in [-0.2, -0.15) is 0 Å². The van der Waals surface area contributed by atoms with Crippen molar-refractivity contribution in [3.05, 3.63) is 0 Å². The average molecular weight is 240 g/mol. The van der Waals surface area contributed by atoms with Crippen molar-refractivity contribution in [1.29, 1.82) is 0 Å². The second kappa shape index (κ2) is 6.36. The van der Waals surface area contributed by atoms with Crippen LogP contribution in [-0.2, 0) is 9.53 Å². The fourth-order valence-corrected chi connectivity index (χ4v) is 2.73. The molecule has 0 bridgehead atoms. The third kappa shape index (κ3) is 3.68. The molecule has 17 heavy (non-hydrogen) atoms. The van der Waals surface area contributed by atoms with Gasteiger partial charge in [-0.1, -0.05) is 0 Å². The fraction of sp³-hybridized carbons (Fsp3) is 0.923. The Hall–Kier alpha value is -0.610. The Morgan fingerprint density at radius 2 is 2.06 bits per heavy atom. The van der Waals surface area contributed by atoms with E-state index in [1.807, 2.05) is 11.9 Å². The van der Waals surface area contributed by atoms with Gasteiger partial charge in [0.25, 0.3) is 0 Å². The largest absolute Gasteiger partial charge is 0.376 e. The van der Waals surface area contributed by atoms with Gasteiger partial charge < -0.3 is 15.0 Å². The highest BCUT2D eigenvalue weighted by Crippen LogP contribution is 2.17. The summed E-state index contributed by atoms with van der Waals surface area (Å²) in [5, 5.41) is 3.29. The first-order chi connectivity index (χ1) is 8.27. The van der Waals surface area contributed by atoms with Crippen LogP contribution in [0.4, 0.5) is 0 Å². The molecule has 0 spiro atoms. The number of hydrogen-bond donors (Lipinski definition) is 1. The van der Waals surface area contributed by atoms with Crippen LogP contribution in [0.5, 0.6) is 0 Å². The number of piperidine rings is 1. The molecule has 0 aliphatic carbocycles. The highest BCUT2D eigenvalue weighted by Gasteiger charge is 2.26. The topological polar surface area (TPSA) is 41.6 Å². The van der Waals surface area contributed by atoms with Crippen molar-refractivity contribution in [2.75, 3.05) is 33.3 Å². The SMILES string of the molecule is CN(CC1CCCCO1)C(=O)C1CCNCC1. The molecule has 98 valence electrons. The molecule has 1 atom stereocenters. The molecule has 4 heteroatoms. The van der Waals surface area contributed by atoms with Crippen LogP contribution in [0.15, 0.2) is 0 Å². The minimum absolute atomic E-state index is 0.227. The summed E-state index contributed by atoms with van der Waals surface area (Å²) in [6, 6.07) is 0. The molecule has 2 fully saturated rings. The van der Waals surface area contributed by atoms with Crippen LogP contribution in [0.25, 0.3) is 0 Å². The minimum Gasteiger partial charge on any atom is -0.376 e. The maximum atomic E-state index is 12.2. The van der Waals surface area contributed by atoms with Gasteiger partial charge in [0.1, 0.15) is 0 Å². The molecule has 1 N–H and O–H groups in total. The van der Waals surface area contributed by atoms with Crippen molar-refractivity contribution in [1.82, 2.24) is 10.2 Å². The maximum Gasteiger partial charge on any atom is 0.225 e. The van der Waals surface area contributed by atoms with E-state index in [0.717, 1.165) is 45.5 Å². The van der Waals surface area contributed by atoms with Crippen LogP contribution in [-0.4, -0.2) is 50.2 Å². The summed E-state index contributed by atoms with van der Waals surface area (Å²) in [6.45, 7) is 3.58. The lowest BCUT2D eigenvalue weighted by atomic mass is 9.96. The van der Waals surface area contributed by atoms with E-state index in [-0.39, 0.29) is 12.0 Å². The molecule has 0 radical (unpaired) electrons. The first-order valence-electron chi connectivity index (χ1n) is 6.84. The first kappa shape index (κ1) is 12.8. The third-order valence-corrected chi connectivity index (χ3v) is 3.82. The lowest BCUT2D eigenvalue weighted by Crippen LogP contribution is -2.43. The summed E-state index contributed by atoms with van der Waals surface area (Å²) in [5.74, 6) is 0.533. The molecule has 2 rings (SSSR count). The van der Waals surface area contributed by atoms with Crippen molar-refractivity contribution in [2.45, 2.75) is 38.2 Å². The number of amides is 1. The number of rotatable bonds is 3. The van der Waals surface area contributed by atoms with Crippen LogP contribution >= 0.6 is 0 Å². The summed E-state index contributed by atoms with van der Waals surface area (Å²) >= 11 is 0. The second-order valence-corrected chi connectivity index (χ2v) is 5.23. The highest BCUT2D eigenvalue weighted by atomic mass is 16.5. The van der Waals surface area contributed by atoms with Crippen molar-refractivity contribution < 1.29 is 9.53 Å². The third-order valence-electron chi connectivity index (χ3n) is 3.82. The summed E-state index contributed by atoms with van der Waals surface area (Å²) in [7, 11) is 1.92. The van der Waals surface area contributed by atoms with Crippen LogP contribution < -0.4 is 5.32 Å². The molecule has 2 aliphatic heterocycles. The van der Waals surface area contributed by atoms with Gasteiger partial charge in [0.05, 0.1) is 6.10 Å². The zero-order valence-electron chi connectivity index (χ0n) is 10.8. The Bertz CT molecular complexity index is 246. The van der Waals surface area contributed by atoms with Crippen LogP contribution in [0, 0.1) is 5.92 Å². The van der Waals surface area contributed by atoms with E-state index in [4.69, 9.17) is 4.74 Å². The summed E-state index contributed by atoms with van der Waals surface area (Å²) < 4.78 is 5.68. The number of ether oxygens (including phenoxy) is 1. The molecule has 0 aromatic carbocycles. The molecule has 0 saturated carbocycles. The van der Waals surface area contributed by atoms with Gasteiger partial charge in [0.2, 0.25) is 5.91 Å². The molecular formula is C13H24N2O2. The number of nitrogens with one attached hydrogen (secondary N) is 1. The molecule has 1 unspecified atom stereocenters. The number of likely N-dealkylation sites (N-methyl/N-ethyl adjacent to an activating group) is 1. The molecule has 2 saturated heterocycles. The number of hydrogen-bond acceptors (Lipinski definition) is 3. The van der Waals surface area contributed by atoms with E-state index in [2.05, 4.69) is 5.32 Å². The molecule has 1 amide bonds. The van der Waals surface area contributed by atoms with Gasteiger partial charge in [-0.05, 0) is 45.2 Å². The van der Waals surface area contributed by atoms with E-state index in [9.17, 15) is 4.79 Å². The second-order valence-electron chi connectivity index (χ2n) is 5.23. The predicted octanol–water partition coefficient (Wildman–Crippen LogP) is 1.01. The predicted molar refractivity (Wildman–Crippen MR) is 66.8 cm³/mol. The van der Waals surface area contributed by atoms with E-state index >= 15 is 0 Å². The fourth-order valence-electron chi connectivity index (χ4n) is 2.73. The van der Waals surface area contributed by atoms with Crippen molar-refractivity contribution >= 4 is 5.91 Å². The average Bonchev–Trinajstić information content (AvgIpc) is 2.40. The van der Waals surface area contributed by atoms with Crippen LogP contribution in [0.1, 0.15) is 32.1 Å². The molecule has 0 aromatic heterocycles. The molecule has 4 nitrogen and oxygen atoms in total. The van der Waals surface area contributed by atoms with Crippen molar-refractivity contribution in [2.24, 2.45) is 5.92 Å². The Morgan fingerprint density at radius 1 is 1.29 bits per heavy atom. The monoisotopic (exact) mass is 240 g/mol. The maximum absolute atomic E-state index is 12.2. The standard InChI is InChI=1S/C13H24N2O2/c1-15(10-12-4-2-3-9-17-12)13(16)11-5-7-14-8-6-11/h11-12,14H,2-10H2,1H3. The van der Waals surface area contributed by atoms with E-state index in [1.165, 1.54) is 12.8 Å². The lowest BCUT2D eigenvalue weighted by Gasteiger charge is -2.31. The molecule has 2 aliphatic rings. The molecule has 0 aromatic rings. The number of carbonyl (C=O) groups excluding carboxylic acids is 1. The summed E-state index contributed by atoms with van der Waals surface area (Å²) in [6.07, 6.45) is 5.73. The smallest absolute Gasteiger partial charge is 0.225 e. The van der Waals surface area contributed by atoms with E-state index in [0.29, 0.717) is 5.91 Å². The Labute approximate surface area is 104 Å². The van der Waals surface area contributed by atoms with Gasteiger partial charge in [-0.15, -0.1) is 0 Å². The molecular weight excluding hydrogens is 216 g/mol. The van der Waals surface area contributed by atoms with Gasteiger partial charge >= 0.3 is 0 Å². The van der Waals surface area contributed by atoms with Crippen molar-refractivity contribution in [3.63, 3.8) is 0 Å². The van der Waals surface area contributed by atoms with Gasteiger partial charge in [-0.3, -0.25) is 4.79 Å². The van der Waals surface area contributed by atoms with Gasteiger partial charge in [0.15, 0.2) is 0 Å². The van der Waals surface area contributed by atoms with Crippen molar-refractivity contribution in [3.8, 4) is 0 Å². The lowest BCUT2D eigenvalue weighted by molar-refractivity contribution is -0.137. The zero-order chi connectivity index (χ0) is 12.1. The highest BCUT2D eigenvalue weighted by molar-refractivity contribution is 5.78. The Morgan fingerprint density at radius 3 is 2.71 bits per heavy atom. The first-order valence-corrected chi connectivity index (χ1v) is 6.84. The van der Waals surface area contributed by atoms with Crippen LogP contribution in [0.3, 0.4) is 0 Å². The Balaban J connectivity index is 1.77. The van der Waals surface area contributed by atoms with Gasteiger partial charge in [-0.25, -0.2) is 0 Å². The summed E-state index contributed by atoms with van der Waals surface area (Å²) in [5.41, 5.74) is 0. The zero-order valence-corrected chi connectivity index (χ0v) is 10.8. The quantitative estimate of drug-likeness (QED) is 0.800. The van der Waals surface area contributed by atoms with Crippen LogP contribution in [0.2, 0.25) is 0 Å². The molecule has 2 heterocycles. The van der Waals surface area contributed by atoms with E-state index < -0.39 is 0 Å². The van der Waals surface area contributed by atoms with E-state index in [1.54, 1.807) is 0 Å². The Kier molecular flexibility index (Phi) is 4.80. The normalized spacial score (nSPS) is 26.8. The number of nitrogens with zero attached hydrogens (tertiary/aromatic N) is 1. The van der Waals surface area contributed by atoms with Gasteiger partial charge in [0, 0.05) is 26.1 Å². The minimum atomic E-state index is 0.227.